The Morgan fingerprint density at radius 3 is 2.51 bits per heavy atom. The molecule has 0 radical (unpaired) electrons. The second kappa shape index (κ2) is 13.3. The Hall–Kier alpha value is -3.68. The van der Waals surface area contributed by atoms with Crippen molar-refractivity contribution in [1.82, 2.24) is 0 Å². The maximum Gasteiger partial charge on any atom is 0.259 e. The van der Waals surface area contributed by atoms with E-state index in [2.05, 4.69) is 26.1 Å². The number of rotatable bonds is 9. The summed E-state index contributed by atoms with van der Waals surface area (Å²) < 4.78 is 25.1. The maximum absolute atomic E-state index is 13.7. The van der Waals surface area contributed by atoms with Crippen LogP contribution in [0.1, 0.15) is 66.0 Å². The zero-order valence-electron chi connectivity index (χ0n) is 24.9. The summed E-state index contributed by atoms with van der Waals surface area (Å²) in [5.41, 5.74) is 4.29. The van der Waals surface area contributed by atoms with Gasteiger partial charge in [0.05, 0.1) is 12.2 Å². The average Bonchev–Trinajstić information content (AvgIpc) is 3.35. The summed E-state index contributed by atoms with van der Waals surface area (Å²) in [6.07, 6.45) is 4.59. The molecule has 1 aromatic heterocycles. The number of anilines is 1. The zero-order valence-corrected chi connectivity index (χ0v) is 26.4. The molecule has 0 saturated heterocycles. The van der Waals surface area contributed by atoms with Gasteiger partial charge in [0.15, 0.2) is 11.5 Å². The van der Waals surface area contributed by atoms with Gasteiger partial charge in [-0.2, -0.15) is 0 Å². The summed E-state index contributed by atoms with van der Waals surface area (Å²) in [6.45, 7) is 9.52. The quantitative estimate of drug-likeness (QED) is 0.190. The fourth-order valence-electron chi connectivity index (χ4n) is 5.23. The molecule has 224 valence electrons. The van der Waals surface area contributed by atoms with Crippen molar-refractivity contribution in [3.05, 3.63) is 105 Å². The van der Waals surface area contributed by atoms with Crippen molar-refractivity contribution in [2.45, 2.75) is 53.6 Å². The minimum atomic E-state index is -0.284. The van der Waals surface area contributed by atoms with Gasteiger partial charge in [0.1, 0.15) is 17.4 Å². The molecule has 4 aromatic rings. The first-order chi connectivity index (χ1) is 20.6. The molecule has 3 aromatic carbocycles. The third-order valence-corrected chi connectivity index (χ3v) is 9.12. The van der Waals surface area contributed by atoms with Gasteiger partial charge in [-0.05, 0) is 109 Å². The smallest absolute Gasteiger partial charge is 0.259 e. The topological polar surface area (TPSA) is 59.9 Å². The van der Waals surface area contributed by atoms with Gasteiger partial charge in [0, 0.05) is 21.8 Å². The molecule has 0 fully saturated rings. The van der Waals surface area contributed by atoms with Gasteiger partial charge in [0.2, 0.25) is 0 Å². The fraction of sp³-hybridized carbons (Fsp3) is 0.314. The van der Waals surface area contributed by atoms with Crippen LogP contribution in [0.3, 0.4) is 0 Å². The first kappa shape index (κ1) is 30.8. The van der Waals surface area contributed by atoms with E-state index in [1.807, 2.05) is 25.1 Å². The highest BCUT2D eigenvalue weighted by atomic mass is 35.5. The van der Waals surface area contributed by atoms with Gasteiger partial charge in [-0.15, -0.1) is 11.3 Å². The fourth-order valence-corrected chi connectivity index (χ4v) is 6.62. The van der Waals surface area contributed by atoms with Gasteiger partial charge >= 0.3 is 0 Å². The number of thiophene rings is 1. The second-order valence-corrected chi connectivity index (χ2v) is 13.3. The molecule has 1 atom stereocenters. The summed E-state index contributed by atoms with van der Waals surface area (Å²) in [7, 11) is 0. The van der Waals surface area contributed by atoms with E-state index in [0.717, 1.165) is 36.0 Å². The van der Waals surface area contributed by atoms with Crippen LogP contribution in [0.5, 0.6) is 11.5 Å². The van der Waals surface area contributed by atoms with Crippen LogP contribution in [0, 0.1) is 17.2 Å². The second-order valence-electron chi connectivity index (χ2n) is 11.8. The third-order valence-electron chi connectivity index (χ3n) is 7.71. The van der Waals surface area contributed by atoms with Crippen LogP contribution in [0.4, 0.5) is 15.1 Å². The van der Waals surface area contributed by atoms with E-state index in [-0.39, 0.29) is 23.7 Å². The van der Waals surface area contributed by atoms with E-state index in [4.69, 9.17) is 26.1 Å². The number of aliphatic imine (C=N–C) groups is 1. The lowest BCUT2D eigenvalue weighted by molar-refractivity contribution is 0.102. The molecule has 1 aliphatic rings. The Labute approximate surface area is 261 Å². The lowest BCUT2D eigenvalue weighted by Crippen LogP contribution is -2.27. The van der Waals surface area contributed by atoms with Crippen molar-refractivity contribution in [1.29, 1.82) is 0 Å². The Kier molecular flexibility index (Phi) is 9.52. The highest BCUT2D eigenvalue weighted by Crippen LogP contribution is 2.45. The monoisotopic (exact) mass is 618 g/mol. The van der Waals surface area contributed by atoms with Crippen LogP contribution in [0.2, 0.25) is 5.02 Å². The number of fused-ring (bicyclic) bond motifs is 1. The molecule has 8 heteroatoms. The number of carbonyl (C=O) groups excluding carboxylic acids is 1. The number of hydrogen-bond acceptors (Lipinski definition) is 5. The van der Waals surface area contributed by atoms with Gasteiger partial charge < -0.3 is 14.8 Å². The molecule has 0 unspecified atom stereocenters. The molecule has 1 heterocycles. The Bertz CT molecular complexity index is 1610. The predicted octanol–water partition coefficient (Wildman–Crippen LogP) is 9.67. The number of amides is 1. The standard InChI is InChI=1S/C35H36ClFN2O3S/c1-5-41-30-18-23(8-17-29(30)42-21-22-6-12-26(37)13-7-22)20-38-34-32(33(40)39-27-14-10-25(36)11-15-27)28-16-9-24(35(2,3)4)19-31(28)43-34/h6-8,10-15,17-18,20,24H,5,9,16,19,21H2,1-4H3,(H,39,40)/t24-/m1/s1. The van der Waals surface area contributed by atoms with E-state index in [1.165, 1.54) is 17.0 Å². The average molecular weight is 619 g/mol. The van der Waals surface area contributed by atoms with E-state index in [0.29, 0.717) is 45.3 Å². The van der Waals surface area contributed by atoms with Crippen LogP contribution in [0.15, 0.2) is 71.7 Å². The van der Waals surface area contributed by atoms with Crippen LogP contribution < -0.4 is 14.8 Å². The van der Waals surface area contributed by atoms with Crippen LogP contribution in [0.25, 0.3) is 0 Å². The first-order valence-electron chi connectivity index (χ1n) is 14.5. The number of nitrogens with zero attached hydrogens (tertiary/aromatic N) is 1. The molecule has 1 amide bonds. The molecular weight excluding hydrogens is 583 g/mol. The lowest BCUT2D eigenvalue weighted by atomic mass is 9.72. The van der Waals surface area contributed by atoms with Crippen LogP contribution in [-0.4, -0.2) is 18.7 Å². The molecule has 43 heavy (non-hydrogen) atoms. The predicted molar refractivity (Wildman–Crippen MR) is 174 cm³/mol. The third kappa shape index (κ3) is 7.64. The molecule has 1 aliphatic carbocycles. The summed E-state index contributed by atoms with van der Waals surface area (Å²) in [5, 5.41) is 4.35. The van der Waals surface area contributed by atoms with Gasteiger partial charge in [-0.1, -0.05) is 44.5 Å². The van der Waals surface area contributed by atoms with Crippen molar-refractivity contribution < 1.29 is 18.7 Å². The van der Waals surface area contributed by atoms with Crippen molar-refractivity contribution in [3.8, 4) is 11.5 Å². The molecule has 0 aliphatic heterocycles. The van der Waals surface area contributed by atoms with Crippen molar-refractivity contribution in [2.24, 2.45) is 16.3 Å². The van der Waals surface area contributed by atoms with Crippen molar-refractivity contribution in [3.63, 3.8) is 0 Å². The van der Waals surface area contributed by atoms with E-state index < -0.39 is 0 Å². The molecule has 0 saturated carbocycles. The molecule has 5 rings (SSSR count). The molecule has 0 spiro atoms. The van der Waals surface area contributed by atoms with E-state index in [9.17, 15) is 9.18 Å². The molecule has 1 N–H and O–H groups in total. The van der Waals surface area contributed by atoms with Crippen molar-refractivity contribution in [2.75, 3.05) is 11.9 Å². The van der Waals surface area contributed by atoms with Gasteiger partial charge in [0.25, 0.3) is 5.91 Å². The summed E-state index contributed by atoms with van der Waals surface area (Å²) >= 11 is 7.65. The number of benzene rings is 3. The SMILES string of the molecule is CCOc1cc(C=Nc2sc3c(c2C(=O)Nc2ccc(Cl)cc2)CC[C@@H](C(C)(C)C)C3)ccc1OCc1ccc(F)cc1. The highest BCUT2D eigenvalue weighted by Gasteiger charge is 2.33. The van der Waals surface area contributed by atoms with Gasteiger partial charge in [-0.25, -0.2) is 9.38 Å². The molecule has 5 nitrogen and oxygen atoms in total. The number of nitrogens with one attached hydrogen (secondary N) is 1. The largest absolute Gasteiger partial charge is 0.490 e. The first-order valence-corrected chi connectivity index (χ1v) is 15.7. The van der Waals surface area contributed by atoms with Crippen molar-refractivity contribution >= 4 is 45.7 Å². The highest BCUT2D eigenvalue weighted by molar-refractivity contribution is 7.16. The van der Waals surface area contributed by atoms with E-state index in [1.54, 1.807) is 53.9 Å². The summed E-state index contributed by atoms with van der Waals surface area (Å²) in [5.74, 6) is 1.27. The zero-order chi connectivity index (χ0) is 30.6. The number of ether oxygens (including phenoxy) is 2. The maximum atomic E-state index is 13.7. The Morgan fingerprint density at radius 1 is 1.07 bits per heavy atom. The van der Waals surface area contributed by atoms with Crippen LogP contribution in [-0.2, 0) is 19.4 Å². The minimum Gasteiger partial charge on any atom is -0.490 e. The summed E-state index contributed by atoms with van der Waals surface area (Å²) in [6, 6.07) is 19.0. The molecular formula is C35H36ClFN2O3S. The number of carbonyl (C=O) groups is 1. The van der Waals surface area contributed by atoms with Crippen LogP contribution >= 0.6 is 22.9 Å². The minimum absolute atomic E-state index is 0.166. The van der Waals surface area contributed by atoms with Gasteiger partial charge in [-0.3, -0.25) is 4.79 Å². The Morgan fingerprint density at radius 2 is 1.81 bits per heavy atom. The lowest BCUT2D eigenvalue weighted by Gasteiger charge is -2.33. The Balaban J connectivity index is 1.42. The normalized spacial score (nSPS) is 14.9. The number of hydrogen-bond donors (Lipinski definition) is 1. The molecule has 0 bridgehead atoms. The van der Waals surface area contributed by atoms with E-state index >= 15 is 0 Å². The summed E-state index contributed by atoms with van der Waals surface area (Å²) in [4.78, 5) is 19.8. The number of halogens is 2.